The first-order valence-corrected chi connectivity index (χ1v) is 6.17. The first-order valence-electron chi connectivity index (χ1n) is 6.17. The topological polar surface area (TPSA) is 55.1 Å². The number of nitrogens with one attached hydrogen (secondary N) is 1. The normalized spacial score (nSPS) is 22.5. The molecule has 1 saturated carbocycles. The zero-order valence-electron chi connectivity index (χ0n) is 10.3. The Balaban J connectivity index is 2.00. The molecule has 1 aliphatic carbocycles. The van der Waals surface area contributed by atoms with Gasteiger partial charge in [-0.25, -0.2) is 13.2 Å². The molecular formula is C13H15F3N2O. The van der Waals surface area contributed by atoms with Gasteiger partial charge in [0.05, 0.1) is 0 Å². The Morgan fingerprint density at radius 1 is 1.26 bits per heavy atom. The van der Waals surface area contributed by atoms with E-state index in [1.807, 2.05) is 0 Å². The summed E-state index contributed by atoms with van der Waals surface area (Å²) in [5, 5.41) is 2.57. The highest BCUT2D eigenvalue weighted by Gasteiger charge is 2.24. The molecule has 1 fully saturated rings. The molecule has 19 heavy (non-hydrogen) atoms. The van der Waals surface area contributed by atoms with Crippen LogP contribution in [0.3, 0.4) is 0 Å². The van der Waals surface area contributed by atoms with E-state index in [-0.39, 0.29) is 17.5 Å². The number of benzene rings is 1. The molecule has 1 amide bonds. The lowest BCUT2D eigenvalue weighted by Gasteiger charge is -2.15. The Morgan fingerprint density at radius 3 is 2.42 bits per heavy atom. The molecule has 3 N–H and O–H groups in total. The van der Waals surface area contributed by atoms with E-state index in [0.29, 0.717) is 18.7 Å². The average molecular weight is 272 g/mol. The molecule has 104 valence electrons. The van der Waals surface area contributed by atoms with Gasteiger partial charge in [-0.2, -0.15) is 0 Å². The third-order valence-corrected chi connectivity index (χ3v) is 3.49. The van der Waals surface area contributed by atoms with E-state index >= 15 is 0 Å². The van der Waals surface area contributed by atoms with Gasteiger partial charge in [-0.3, -0.25) is 4.79 Å². The van der Waals surface area contributed by atoms with Gasteiger partial charge in [0, 0.05) is 18.2 Å². The summed E-state index contributed by atoms with van der Waals surface area (Å²) in [5.74, 6) is -4.77. The van der Waals surface area contributed by atoms with Crippen molar-refractivity contribution in [2.75, 3.05) is 6.54 Å². The first kappa shape index (κ1) is 13.9. The summed E-state index contributed by atoms with van der Waals surface area (Å²) in [4.78, 5) is 11.7. The maximum absolute atomic E-state index is 13.0. The quantitative estimate of drug-likeness (QED) is 0.826. The largest absolute Gasteiger partial charge is 0.352 e. The van der Waals surface area contributed by atoms with Crippen LogP contribution in [-0.2, 0) is 0 Å². The van der Waals surface area contributed by atoms with E-state index in [9.17, 15) is 18.0 Å². The van der Waals surface area contributed by atoms with Crippen LogP contribution in [0.1, 0.15) is 29.6 Å². The van der Waals surface area contributed by atoms with Crippen molar-refractivity contribution in [1.82, 2.24) is 5.32 Å². The Labute approximate surface area is 109 Å². The monoisotopic (exact) mass is 272 g/mol. The van der Waals surface area contributed by atoms with E-state index in [4.69, 9.17) is 5.73 Å². The predicted molar refractivity (Wildman–Crippen MR) is 64.0 cm³/mol. The molecular weight excluding hydrogens is 257 g/mol. The molecule has 2 atom stereocenters. The summed E-state index contributed by atoms with van der Waals surface area (Å²) < 4.78 is 38.7. The van der Waals surface area contributed by atoms with Crippen LogP contribution in [0.25, 0.3) is 0 Å². The van der Waals surface area contributed by atoms with Crippen LogP contribution >= 0.6 is 0 Å². The highest BCUT2D eigenvalue weighted by atomic mass is 19.2. The van der Waals surface area contributed by atoms with Crippen molar-refractivity contribution < 1.29 is 18.0 Å². The van der Waals surface area contributed by atoms with Crippen LogP contribution in [0.2, 0.25) is 0 Å². The minimum atomic E-state index is -1.57. The minimum absolute atomic E-state index is 0.0435. The van der Waals surface area contributed by atoms with E-state index in [1.165, 1.54) is 0 Å². The molecule has 2 rings (SSSR count). The maximum atomic E-state index is 13.0. The fraction of sp³-hybridized carbons (Fsp3) is 0.462. The molecule has 2 unspecified atom stereocenters. The van der Waals surface area contributed by atoms with E-state index in [0.717, 1.165) is 19.3 Å². The highest BCUT2D eigenvalue weighted by Crippen LogP contribution is 2.23. The van der Waals surface area contributed by atoms with Crippen molar-refractivity contribution in [3.63, 3.8) is 0 Å². The van der Waals surface area contributed by atoms with Crippen molar-refractivity contribution in [2.45, 2.75) is 25.3 Å². The Hall–Kier alpha value is -1.56. The third-order valence-electron chi connectivity index (χ3n) is 3.49. The Morgan fingerprint density at radius 2 is 1.89 bits per heavy atom. The Bertz CT molecular complexity index is 470. The lowest BCUT2D eigenvalue weighted by Crippen LogP contribution is -2.36. The van der Waals surface area contributed by atoms with Gasteiger partial charge in [0.15, 0.2) is 17.5 Å². The number of nitrogens with two attached hydrogens (primary N) is 1. The maximum Gasteiger partial charge on any atom is 0.251 e. The van der Waals surface area contributed by atoms with Gasteiger partial charge >= 0.3 is 0 Å². The minimum Gasteiger partial charge on any atom is -0.352 e. The number of carbonyl (C=O) groups excluding carboxylic acids is 1. The van der Waals surface area contributed by atoms with Crippen LogP contribution in [-0.4, -0.2) is 18.5 Å². The van der Waals surface area contributed by atoms with E-state index in [2.05, 4.69) is 5.32 Å². The van der Waals surface area contributed by atoms with Gasteiger partial charge in [0.1, 0.15) is 0 Å². The zero-order valence-corrected chi connectivity index (χ0v) is 10.3. The van der Waals surface area contributed by atoms with E-state index < -0.39 is 23.4 Å². The molecule has 0 bridgehead atoms. The molecule has 0 spiro atoms. The summed E-state index contributed by atoms with van der Waals surface area (Å²) in [6, 6.07) is 1.41. The summed E-state index contributed by atoms with van der Waals surface area (Å²) in [6.45, 7) is 0.362. The molecule has 1 aliphatic rings. The molecule has 3 nitrogen and oxygen atoms in total. The summed E-state index contributed by atoms with van der Waals surface area (Å²) in [6.07, 6.45) is 2.86. The van der Waals surface area contributed by atoms with Crippen LogP contribution in [0.4, 0.5) is 13.2 Å². The van der Waals surface area contributed by atoms with Crippen molar-refractivity contribution in [3.8, 4) is 0 Å². The van der Waals surface area contributed by atoms with E-state index in [1.54, 1.807) is 0 Å². The van der Waals surface area contributed by atoms with Crippen LogP contribution < -0.4 is 11.1 Å². The lowest BCUT2D eigenvalue weighted by atomic mass is 10.0. The number of amides is 1. The van der Waals surface area contributed by atoms with Gasteiger partial charge < -0.3 is 11.1 Å². The molecule has 1 aromatic rings. The molecule has 0 radical (unpaired) electrons. The van der Waals surface area contributed by atoms with Crippen LogP contribution in [0.15, 0.2) is 12.1 Å². The molecule has 0 aromatic heterocycles. The van der Waals surface area contributed by atoms with Crippen molar-refractivity contribution in [1.29, 1.82) is 0 Å². The number of rotatable bonds is 3. The van der Waals surface area contributed by atoms with Crippen molar-refractivity contribution >= 4 is 5.91 Å². The SMILES string of the molecule is NC1CCCC1CNC(=O)c1cc(F)c(F)c(F)c1. The van der Waals surface area contributed by atoms with Gasteiger partial charge in [0.25, 0.3) is 5.91 Å². The molecule has 6 heteroatoms. The van der Waals surface area contributed by atoms with Gasteiger partial charge in [-0.05, 0) is 30.9 Å². The van der Waals surface area contributed by atoms with Gasteiger partial charge in [-0.15, -0.1) is 0 Å². The summed E-state index contributed by atoms with van der Waals surface area (Å²) in [7, 11) is 0. The molecule has 0 aliphatic heterocycles. The summed E-state index contributed by atoms with van der Waals surface area (Å²) >= 11 is 0. The standard InChI is InChI=1S/C13H15F3N2O/c14-9-4-8(5-10(15)12(9)16)13(19)18-6-7-2-1-3-11(7)17/h4-5,7,11H,1-3,6,17H2,(H,18,19). The number of carbonyl (C=O) groups is 1. The van der Waals surface area contributed by atoms with Gasteiger partial charge in [-0.1, -0.05) is 6.42 Å². The van der Waals surface area contributed by atoms with Crippen molar-refractivity contribution in [3.05, 3.63) is 35.1 Å². The molecule has 0 saturated heterocycles. The number of halogens is 3. The average Bonchev–Trinajstić information content (AvgIpc) is 2.78. The second-order valence-corrected chi connectivity index (χ2v) is 4.82. The van der Waals surface area contributed by atoms with Crippen LogP contribution in [0.5, 0.6) is 0 Å². The number of hydrogen-bond donors (Lipinski definition) is 2. The fourth-order valence-corrected chi connectivity index (χ4v) is 2.33. The zero-order chi connectivity index (χ0) is 14.0. The highest BCUT2D eigenvalue weighted by molar-refractivity contribution is 5.94. The van der Waals surface area contributed by atoms with Crippen molar-refractivity contribution in [2.24, 2.45) is 11.7 Å². The molecule has 1 aromatic carbocycles. The lowest BCUT2D eigenvalue weighted by molar-refractivity contribution is 0.0945. The smallest absolute Gasteiger partial charge is 0.251 e. The van der Waals surface area contributed by atoms with Gasteiger partial charge in [0.2, 0.25) is 0 Å². The second kappa shape index (κ2) is 5.61. The number of hydrogen-bond acceptors (Lipinski definition) is 2. The molecule has 0 heterocycles. The van der Waals surface area contributed by atoms with Crippen LogP contribution in [0, 0.1) is 23.4 Å². The Kier molecular flexibility index (Phi) is 4.09. The predicted octanol–water partition coefficient (Wildman–Crippen LogP) is 1.96. The third kappa shape index (κ3) is 3.07. The fourth-order valence-electron chi connectivity index (χ4n) is 2.33. The summed E-state index contributed by atoms with van der Waals surface area (Å²) in [5.41, 5.74) is 5.62. The second-order valence-electron chi connectivity index (χ2n) is 4.82. The first-order chi connectivity index (χ1) is 8.99.